The zero-order valence-electron chi connectivity index (χ0n) is 16.2. The van der Waals surface area contributed by atoms with Crippen LogP contribution in [0.5, 0.6) is 0 Å². The number of furan rings is 1. The van der Waals surface area contributed by atoms with E-state index in [9.17, 15) is 13.2 Å². The number of aryl methyl sites for hydroxylation is 1. The molecule has 0 radical (unpaired) electrons. The molecule has 154 valence electrons. The van der Waals surface area contributed by atoms with Crippen molar-refractivity contribution in [2.45, 2.75) is 37.1 Å². The van der Waals surface area contributed by atoms with E-state index in [4.69, 9.17) is 4.42 Å². The maximum Gasteiger partial charge on any atom is 0.243 e. The van der Waals surface area contributed by atoms with Gasteiger partial charge in [-0.25, -0.2) is 8.42 Å². The normalized spacial score (nSPS) is 15.2. The Morgan fingerprint density at radius 3 is 2.72 bits per heavy atom. The highest BCUT2D eigenvalue weighted by atomic mass is 32.2. The van der Waals surface area contributed by atoms with E-state index in [-0.39, 0.29) is 5.91 Å². The minimum Gasteiger partial charge on any atom is -0.469 e. The van der Waals surface area contributed by atoms with E-state index in [1.54, 1.807) is 22.7 Å². The number of rotatable bonds is 8. The van der Waals surface area contributed by atoms with Crippen LogP contribution >= 0.6 is 0 Å². The molecule has 7 nitrogen and oxygen atoms in total. The topological polar surface area (TPSA) is 84.5 Å². The fourth-order valence-corrected chi connectivity index (χ4v) is 5.25. The minimum atomic E-state index is -3.42. The first-order chi connectivity index (χ1) is 14.0. The standard InChI is InChI=1S/C21H25N3O4S/c25-21(22-10-7-18-4-3-15-28-18)9-14-23-13-8-17-16-19(5-6-20(17)23)29(26,27)24-11-1-2-12-24/h3-6,8,13,15-16H,1-2,7,9-12,14H2,(H,22,25). The SMILES string of the molecule is O=C(CCn1ccc2cc(S(=O)(=O)N3CCCC3)ccc21)NCCc1ccco1. The number of carbonyl (C=O) groups is 1. The van der Waals surface area contributed by atoms with Crippen molar-refractivity contribution in [2.24, 2.45) is 0 Å². The highest BCUT2D eigenvalue weighted by Crippen LogP contribution is 2.25. The highest BCUT2D eigenvalue weighted by molar-refractivity contribution is 7.89. The van der Waals surface area contributed by atoms with Gasteiger partial charge in [0.2, 0.25) is 15.9 Å². The van der Waals surface area contributed by atoms with Gasteiger partial charge in [0.15, 0.2) is 0 Å². The quantitative estimate of drug-likeness (QED) is 0.613. The molecule has 0 bridgehead atoms. The predicted molar refractivity (Wildman–Crippen MR) is 110 cm³/mol. The highest BCUT2D eigenvalue weighted by Gasteiger charge is 2.27. The Balaban J connectivity index is 1.37. The van der Waals surface area contributed by atoms with Crippen LogP contribution < -0.4 is 5.32 Å². The second-order valence-corrected chi connectivity index (χ2v) is 9.21. The molecule has 29 heavy (non-hydrogen) atoms. The average Bonchev–Trinajstić information content (AvgIpc) is 3.47. The second-order valence-electron chi connectivity index (χ2n) is 7.27. The molecule has 1 N–H and O–H groups in total. The molecular formula is C21H25N3O4S. The van der Waals surface area contributed by atoms with Gasteiger partial charge in [-0.05, 0) is 49.2 Å². The van der Waals surface area contributed by atoms with Gasteiger partial charge in [-0.15, -0.1) is 0 Å². The van der Waals surface area contributed by atoms with Gasteiger partial charge in [0.25, 0.3) is 0 Å². The number of hydrogen-bond acceptors (Lipinski definition) is 4. The Morgan fingerprint density at radius 1 is 1.14 bits per heavy atom. The molecule has 2 aromatic heterocycles. The maximum absolute atomic E-state index is 12.7. The van der Waals surface area contributed by atoms with Crippen LogP contribution in [0.1, 0.15) is 25.0 Å². The molecule has 1 aliphatic heterocycles. The van der Waals surface area contributed by atoms with Crippen LogP contribution in [0.2, 0.25) is 0 Å². The van der Waals surface area contributed by atoms with Crippen LogP contribution in [0.3, 0.4) is 0 Å². The summed E-state index contributed by atoms with van der Waals surface area (Å²) >= 11 is 0. The summed E-state index contributed by atoms with van der Waals surface area (Å²) in [5.74, 6) is 0.827. The number of aromatic nitrogens is 1. The number of benzene rings is 1. The lowest BCUT2D eigenvalue weighted by Gasteiger charge is -2.15. The largest absolute Gasteiger partial charge is 0.469 e. The lowest BCUT2D eigenvalue weighted by atomic mass is 10.2. The average molecular weight is 416 g/mol. The van der Waals surface area contributed by atoms with Crippen molar-refractivity contribution in [1.29, 1.82) is 0 Å². The molecule has 1 aromatic carbocycles. The molecule has 1 fully saturated rings. The van der Waals surface area contributed by atoms with Crippen molar-refractivity contribution in [2.75, 3.05) is 19.6 Å². The number of nitrogens with zero attached hydrogens (tertiary/aromatic N) is 2. The summed E-state index contributed by atoms with van der Waals surface area (Å²) in [5, 5.41) is 3.76. The Labute approximate surface area is 170 Å². The molecule has 4 rings (SSSR count). The summed E-state index contributed by atoms with van der Waals surface area (Å²) < 4.78 is 34.3. The van der Waals surface area contributed by atoms with Crippen LogP contribution in [0.25, 0.3) is 10.9 Å². The smallest absolute Gasteiger partial charge is 0.243 e. The van der Waals surface area contributed by atoms with E-state index in [1.165, 1.54) is 0 Å². The lowest BCUT2D eigenvalue weighted by Crippen LogP contribution is -2.27. The van der Waals surface area contributed by atoms with Crippen molar-refractivity contribution >= 4 is 26.8 Å². The maximum atomic E-state index is 12.7. The first-order valence-corrected chi connectivity index (χ1v) is 11.4. The van der Waals surface area contributed by atoms with Gasteiger partial charge in [0.05, 0.1) is 11.2 Å². The van der Waals surface area contributed by atoms with E-state index in [2.05, 4.69) is 5.32 Å². The number of hydrogen-bond donors (Lipinski definition) is 1. The summed E-state index contributed by atoms with van der Waals surface area (Å²) in [6.45, 7) is 2.26. The van der Waals surface area contributed by atoms with Gasteiger partial charge < -0.3 is 14.3 Å². The molecule has 0 saturated carbocycles. The Morgan fingerprint density at radius 2 is 1.97 bits per heavy atom. The van der Waals surface area contributed by atoms with Gasteiger partial charge >= 0.3 is 0 Å². The Hall–Kier alpha value is -2.58. The number of carbonyl (C=O) groups excluding carboxylic acids is 1. The monoisotopic (exact) mass is 415 g/mol. The molecule has 0 aliphatic carbocycles. The third kappa shape index (κ3) is 4.38. The van der Waals surface area contributed by atoms with Crippen molar-refractivity contribution in [3.05, 3.63) is 54.6 Å². The van der Waals surface area contributed by atoms with E-state index in [0.29, 0.717) is 43.9 Å². The van der Waals surface area contributed by atoms with E-state index < -0.39 is 10.0 Å². The zero-order chi connectivity index (χ0) is 20.3. The summed E-state index contributed by atoms with van der Waals surface area (Å²) in [7, 11) is -3.42. The third-order valence-electron chi connectivity index (χ3n) is 5.30. The molecule has 1 saturated heterocycles. The van der Waals surface area contributed by atoms with E-state index in [0.717, 1.165) is 29.5 Å². The molecule has 3 aromatic rings. The molecular weight excluding hydrogens is 390 g/mol. The first-order valence-electron chi connectivity index (χ1n) is 9.92. The minimum absolute atomic E-state index is 0.0216. The zero-order valence-corrected chi connectivity index (χ0v) is 17.0. The number of sulfonamides is 1. The summed E-state index contributed by atoms with van der Waals surface area (Å²) in [6, 6.07) is 10.8. The first kappa shape index (κ1) is 19.7. The van der Waals surface area contributed by atoms with Crippen LogP contribution in [0, 0.1) is 0 Å². The predicted octanol–water partition coefficient (Wildman–Crippen LogP) is 2.77. The molecule has 3 heterocycles. The van der Waals surface area contributed by atoms with Crippen LogP contribution in [-0.2, 0) is 27.8 Å². The van der Waals surface area contributed by atoms with Gasteiger partial charge in [0, 0.05) is 56.1 Å². The molecule has 0 unspecified atom stereocenters. The van der Waals surface area contributed by atoms with Gasteiger partial charge in [-0.3, -0.25) is 4.79 Å². The Bertz CT molecular complexity index is 1080. The third-order valence-corrected chi connectivity index (χ3v) is 7.19. The second kappa shape index (κ2) is 8.42. The van der Waals surface area contributed by atoms with Gasteiger partial charge in [-0.1, -0.05) is 0 Å². The number of fused-ring (bicyclic) bond motifs is 1. The van der Waals surface area contributed by atoms with Crippen LogP contribution in [-0.4, -0.2) is 42.8 Å². The lowest BCUT2D eigenvalue weighted by molar-refractivity contribution is -0.121. The molecule has 1 aliphatic rings. The Kier molecular flexibility index (Phi) is 5.73. The van der Waals surface area contributed by atoms with E-state index in [1.807, 2.05) is 35.0 Å². The molecule has 0 spiro atoms. The van der Waals surface area contributed by atoms with Crippen molar-refractivity contribution in [3.63, 3.8) is 0 Å². The fourth-order valence-electron chi connectivity index (χ4n) is 3.70. The van der Waals surface area contributed by atoms with Crippen LogP contribution in [0.4, 0.5) is 0 Å². The van der Waals surface area contributed by atoms with Crippen LogP contribution in [0.15, 0.2) is 58.2 Å². The number of nitrogens with one attached hydrogen (secondary N) is 1. The van der Waals surface area contributed by atoms with Gasteiger partial charge in [0.1, 0.15) is 5.76 Å². The molecule has 8 heteroatoms. The fraction of sp³-hybridized carbons (Fsp3) is 0.381. The van der Waals surface area contributed by atoms with Crippen molar-refractivity contribution in [3.8, 4) is 0 Å². The summed E-state index contributed by atoms with van der Waals surface area (Å²) in [6.07, 6.45) is 6.38. The summed E-state index contributed by atoms with van der Waals surface area (Å²) in [5.41, 5.74) is 0.925. The van der Waals surface area contributed by atoms with Crippen molar-refractivity contribution < 1.29 is 17.6 Å². The summed E-state index contributed by atoms with van der Waals surface area (Å²) in [4.78, 5) is 12.4. The number of amides is 1. The molecule has 0 atom stereocenters. The molecule has 1 amide bonds. The van der Waals surface area contributed by atoms with Crippen molar-refractivity contribution in [1.82, 2.24) is 14.2 Å². The van der Waals surface area contributed by atoms with E-state index >= 15 is 0 Å². The van der Waals surface area contributed by atoms with Gasteiger partial charge in [-0.2, -0.15) is 4.31 Å².